The molecule has 0 bridgehead atoms. The van der Waals surface area contributed by atoms with Crippen molar-refractivity contribution in [1.82, 2.24) is 4.98 Å². The van der Waals surface area contributed by atoms with Crippen LogP contribution in [0.25, 0.3) is 0 Å². The van der Waals surface area contributed by atoms with Crippen molar-refractivity contribution in [1.29, 1.82) is 0 Å². The van der Waals surface area contributed by atoms with Gasteiger partial charge in [-0.05, 0) is 30.7 Å². The van der Waals surface area contributed by atoms with Gasteiger partial charge in [-0.2, -0.15) is 0 Å². The van der Waals surface area contributed by atoms with Crippen molar-refractivity contribution in [3.8, 4) is 0 Å². The summed E-state index contributed by atoms with van der Waals surface area (Å²) in [7, 11) is 0. The Labute approximate surface area is 130 Å². The molecule has 1 aromatic carbocycles. The Hall–Kier alpha value is -1.95. The maximum Gasteiger partial charge on any atom is 0.259 e. The molecule has 110 valence electrons. The van der Waals surface area contributed by atoms with Gasteiger partial charge in [0.2, 0.25) is 0 Å². The standard InChI is InChI=1S/C15H15BrFN3O/c1-2-6-18-14-13(8-11(17)9-19-14)15(21)20-12-5-3-4-10(16)7-12/h3-5,7-9H,2,6H2,1H3,(H,18,19)(H,20,21). The predicted octanol–water partition coefficient (Wildman–Crippen LogP) is 4.06. The van der Waals surface area contributed by atoms with Crippen molar-refractivity contribution in [3.05, 3.63) is 52.4 Å². The number of benzene rings is 1. The van der Waals surface area contributed by atoms with Crippen molar-refractivity contribution < 1.29 is 9.18 Å². The number of hydrogen-bond acceptors (Lipinski definition) is 3. The van der Waals surface area contributed by atoms with E-state index in [1.165, 1.54) is 6.07 Å². The Morgan fingerprint density at radius 2 is 2.19 bits per heavy atom. The van der Waals surface area contributed by atoms with E-state index in [9.17, 15) is 9.18 Å². The van der Waals surface area contributed by atoms with Crippen LogP contribution in [-0.4, -0.2) is 17.4 Å². The first-order valence-corrected chi connectivity index (χ1v) is 7.35. The SMILES string of the molecule is CCCNc1ncc(F)cc1C(=O)Nc1cccc(Br)c1. The maximum absolute atomic E-state index is 13.4. The normalized spacial score (nSPS) is 10.2. The molecular weight excluding hydrogens is 337 g/mol. The summed E-state index contributed by atoms with van der Waals surface area (Å²) in [6.07, 6.45) is 1.97. The van der Waals surface area contributed by atoms with E-state index in [1.807, 2.05) is 13.0 Å². The molecule has 2 N–H and O–H groups in total. The van der Waals surface area contributed by atoms with E-state index in [1.54, 1.807) is 18.2 Å². The van der Waals surface area contributed by atoms with Crippen molar-refractivity contribution in [2.24, 2.45) is 0 Å². The molecule has 1 amide bonds. The van der Waals surface area contributed by atoms with Crippen LogP contribution in [-0.2, 0) is 0 Å². The van der Waals surface area contributed by atoms with Crippen LogP contribution in [0.2, 0.25) is 0 Å². The lowest BCUT2D eigenvalue weighted by Gasteiger charge is -2.11. The van der Waals surface area contributed by atoms with Crippen LogP contribution in [0.3, 0.4) is 0 Å². The van der Waals surface area contributed by atoms with E-state index >= 15 is 0 Å². The quantitative estimate of drug-likeness (QED) is 0.853. The van der Waals surface area contributed by atoms with Crippen molar-refractivity contribution >= 4 is 33.3 Å². The highest BCUT2D eigenvalue weighted by Crippen LogP contribution is 2.19. The Morgan fingerprint density at radius 1 is 1.38 bits per heavy atom. The maximum atomic E-state index is 13.4. The molecule has 0 saturated carbocycles. The zero-order chi connectivity index (χ0) is 15.2. The number of nitrogens with one attached hydrogen (secondary N) is 2. The number of hydrogen-bond donors (Lipinski definition) is 2. The second-order valence-corrected chi connectivity index (χ2v) is 5.36. The van der Waals surface area contributed by atoms with Crippen LogP contribution in [0.15, 0.2) is 41.0 Å². The first-order valence-electron chi connectivity index (χ1n) is 6.56. The molecular formula is C15H15BrFN3O. The number of carbonyl (C=O) groups excluding carboxylic acids is 1. The van der Waals surface area contributed by atoms with Crippen LogP contribution in [0, 0.1) is 5.82 Å². The van der Waals surface area contributed by atoms with Gasteiger partial charge < -0.3 is 10.6 Å². The van der Waals surface area contributed by atoms with E-state index in [-0.39, 0.29) is 5.56 Å². The van der Waals surface area contributed by atoms with Crippen LogP contribution >= 0.6 is 15.9 Å². The smallest absolute Gasteiger partial charge is 0.259 e. The van der Waals surface area contributed by atoms with Gasteiger partial charge in [0.1, 0.15) is 11.6 Å². The minimum Gasteiger partial charge on any atom is -0.369 e. The number of halogens is 2. The second kappa shape index (κ2) is 7.17. The molecule has 0 aliphatic heterocycles. The molecule has 1 aromatic heterocycles. The molecule has 0 spiro atoms. The van der Waals surface area contributed by atoms with Gasteiger partial charge >= 0.3 is 0 Å². The highest BCUT2D eigenvalue weighted by atomic mass is 79.9. The minimum atomic E-state index is -0.545. The molecule has 6 heteroatoms. The van der Waals surface area contributed by atoms with Crippen molar-refractivity contribution in [2.75, 3.05) is 17.2 Å². The Morgan fingerprint density at radius 3 is 2.90 bits per heavy atom. The fraction of sp³-hybridized carbons (Fsp3) is 0.200. The molecule has 0 atom stereocenters. The number of anilines is 2. The van der Waals surface area contributed by atoms with E-state index < -0.39 is 11.7 Å². The summed E-state index contributed by atoms with van der Waals surface area (Å²) >= 11 is 3.33. The molecule has 2 aromatic rings. The van der Waals surface area contributed by atoms with E-state index in [0.717, 1.165) is 17.1 Å². The molecule has 4 nitrogen and oxygen atoms in total. The van der Waals surface area contributed by atoms with Crippen LogP contribution in [0.4, 0.5) is 15.9 Å². The first kappa shape index (κ1) is 15.4. The van der Waals surface area contributed by atoms with Gasteiger partial charge in [-0.15, -0.1) is 0 Å². The molecule has 0 unspecified atom stereocenters. The monoisotopic (exact) mass is 351 g/mol. The third-order valence-electron chi connectivity index (χ3n) is 2.72. The van der Waals surface area contributed by atoms with Gasteiger partial charge in [0.15, 0.2) is 0 Å². The van der Waals surface area contributed by atoms with Crippen LogP contribution in [0.1, 0.15) is 23.7 Å². The Kier molecular flexibility index (Phi) is 5.27. The molecule has 0 saturated heterocycles. The molecule has 0 radical (unpaired) electrons. The third kappa shape index (κ3) is 4.26. The lowest BCUT2D eigenvalue weighted by molar-refractivity contribution is 0.102. The zero-order valence-corrected chi connectivity index (χ0v) is 13.1. The van der Waals surface area contributed by atoms with Crippen molar-refractivity contribution in [3.63, 3.8) is 0 Å². The number of rotatable bonds is 5. The van der Waals surface area contributed by atoms with Crippen molar-refractivity contribution in [2.45, 2.75) is 13.3 Å². The molecule has 0 fully saturated rings. The molecule has 0 aliphatic rings. The zero-order valence-electron chi connectivity index (χ0n) is 11.5. The number of nitrogens with zero attached hydrogens (tertiary/aromatic N) is 1. The summed E-state index contributed by atoms with van der Waals surface area (Å²) in [4.78, 5) is 16.2. The highest BCUT2D eigenvalue weighted by molar-refractivity contribution is 9.10. The summed E-state index contributed by atoms with van der Waals surface area (Å²) in [5, 5.41) is 5.75. The number of amides is 1. The summed E-state index contributed by atoms with van der Waals surface area (Å²) in [5.41, 5.74) is 0.809. The topological polar surface area (TPSA) is 54.0 Å². The summed E-state index contributed by atoms with van der Waals surface area (Å²) < 4.78 is 14.2. The summed E-state index contributed by atoms with van der Waals surface area (Å²) in [6, 6.07) is 8.37. The van der Waals surface area contributed by atoms with Gasteiger partial charge in [-0.25, -0.2) is 9.37 Å². The molecule has 0 aliphatic carbocycles. The van der Waals surface area contributed by atoms with Crippen LogP contribution in [0.5, 0.6) is 0 Å². The minimum absolute atomic E-state index is 0.184. The van der Waals surface area contributed by atoms with E-state index in [4.69, 9.17) is 0 Å². The highest BCUT2D eigenvalue weighted by Gasteiger charge is 2.14. The molecule has 1 heterocycles. The largest absolute Gasteiger partial charge is 0.369 e. The van der Waals surface area contributed by atoms with Gasteiger partial charge in [-0.3, -0.25) is 4.79 Å². The first-order chi connectivity index (χ1) is 10.1. The van der Waals surface area contributed by atoms with E-state index in [2.05, 4.69) is 31.5 Å². The van der Waals surface area contributed by atoms with Gasteiger partial charge in [0, 0.05) is 16.7 Å². The Balaban J connectivity index is 2.23. The third-order valence-corrected chi connectivity index (χ3v) is 3.22. The fourth-order valence-electron chi connectivity index (χ4n) is 1.76. The summed E-state index contributed by atoms with van der Waals surface area (Å²) in [6.45, 7) is 2.66. The predicted molar refractivity (Wildman–Crippen MR) is 85.1 cm³/mol. The second-order valence-electron chi connectivity index (χ2n) is 4.44. The fourth-order valence-corrected chi connectivity index (χ4v) is 2.16. The summed E-state index contributed by atoms with van der Waals surface area (Å²) in [5.74, 6) is -0.569. The lowest BCUT2D eigenvalue weighted by atomic mass is 10.2. The average Bonchev–Trinajstić information content (AvgIpc) is 2.46. The van der Waals surface area contributed by atoms with Gasteiger partial charge in [-0.1, -0.05) is 28.9 Å². The lowest BCUT2D eigenvalue weighted by Crippen LogP contribution is -2.16. The van der Waals surface area contributed by atoms with Crippen LogP contribution < -0.4 is 10.6 Å². The van der Waals surface area contributed by atoms with Gasteiger partial charge in [0.05, 0.1) is 11.8 Å². The Bertz CT molecular complexity index is 649. The number of carbonyl (C=O) groups is 1. The number of aromatic nitrogens is 1. The van der Waals surface area contributed by atoms with E-state index in [0.29, 0.717) is 18.1 Å². The molecule has 21 heavy (non-hydrogen) atoms. The average molecular weight is 352 g/mol. The molecule has 2 rings (SSSR count). The number of pyridine rings is 1. The van der Waals surface area contributed by atoms with Gasteiger partial charge in [0.25, 0.3) is 5.91 Å².